The molecular weight excluding hydrogens is 146 g/mol. The van der Waals surface area contributed by atoms with Crippen molar-refractivity contribution in [2.45, 2.75) is 39.5 Å². The second kappa shape index (κ2) is 2.86. The molecule has 1 spiro atoms. The molecule has 1 saturated carbocycles. The molecule has 0 aromatic carbocycles. The second-order valence-electron chi connectivity index (χ2n) is 4.81. The maximum Gasteiger partial charge on any atom is 0.145 e. The van der Waals surface area contributed by atoms with Crippen LogP contribution in [0, 0.1) is 11.3 Å². The van der Waals surface area contributed by atoms with Crippen molar-refractivity contribution in [3.8, 4) is 0 Å². The molecule has 0 radical (unpaired) electrons. The summed E-state index contributed by atoms with van der Waals surface area (Å²) in [6, 6.07) is 0. The second-order valence-corrected chi connectivity index (χ2v) is 4.81. The summed E-state index contributed by atoms with van der Waals surface area (Å²) < 4.78 is 2.50. The van der Waals surface area contributed by atoms with Gasteiger partial charge in [0, 0.05) is 19.3 Å². The van der Waals surface area contributed by atoms with Crippen LogP contribution in [0.15, 0.2) is 0 Å². The van der Waals surface area contributed by atoms with Crippen molar-refractivity contribution >= 4 is 6.21 Å². The molecule has 1 saturated heterocycles. The molecular formula is C11H20N+. The van der Waals surface area contributed by atoms with Gasteiger partial charge < -0.3 is 0 Å². The Morgan fingerprint density at radius 1 is 1.33 bits per heavy atom. The summed E-state index contributed by atoms with van der Waals surface area (Å²) in [6.07, 6.45) is 8.21. The van der Waals surface area contributed by atoms with Gasteiger partial charge in [-0.15, -0.1) is 0 Å². The van der Waals surface area contributed by atoms with E-state index in [0.717, 1.165) is 11.3 Å². The molecule has 0 bridgehead atoms. The van der Waals surface area contributed by atoms with Crippen molar-refractivity contribution < 1.29 is 4.58 Å². The molecule has 1 nitrogen and oxygen atoms in total. The maximum absolute atomic E-state index is 2.50. The van der Waals surface area contributed by atoms with E-state index in [1.54, 1.807) is 0 Å². The van der Waals surface area contributed by atoms with E-state index in [4.69, 9.17) is 0 Å². The number of hydrogen-bond donors (Lipinski definition) is 0. The van der Waals surface area contributed by atoms with Gasteiger partial charge in [-0.25, -0.2) is 4.58 Å². The van der Waals surface area contributed by atoms with Gasteiger partial charge in [-0.1, -0.05) is 6.92 Å². The van der Waals surface area contributed by atoms with Crippen LogP contribution in [-0.2, 0) is 0 Å². The third-order valence-electron chi connectivity index (χ3n) is 3.58. The fourth-order valence-electron chi connectivity index (χ4n) is 2.64. The van der Waals surface area contributed by atoms with Crippen molar-refractivity contribution in [3.63, 3.8) is 0 Å². The molecule has 0 amide bonds. The lowest BCUT2D eigenvalue weighted by atomic mass is 9.92. The lowest BCUT2D eigenvalue weighted by Gasteiger charge is -2.10. The van der Waals surface area contributed by atoms with E-state index in [2.05, 4.69) is 24.6 Å². The summed E-state index contributed by atoms with van der Waals surface area (Å²) >= 11 is 0. The third-order valence-corrected chi connectivity index (χ3v) is 3.58. The van der Waals surface area contributed by atoms with E-state index >= 15 is 0 Å². The minimum Gasteiger partial charge on any atom is -0.240 e. The normalized spacial score (nSPS) is 36.8. The van der Waals surface area contributed by atoms with E-state index in [9.17, 15) is 0 Å². The zero-order valence-electron chi connectivity index (χ0n) is 8.34. The molecule has 1 unspecified atom stereocenters. The molecule has 2 fully saturated rings. The molecule has 1 heterocycles. The van der Waals surface area contributed by atoms with Crippen LogP contribution in [0.1, 0.15) is 39.5 Å². The Morgan fingerprint density at radius 3 is 2.67 bits per heavy atom. The Balaban J connectivity index is 2.05. The van der Waals surface area contributed by atoms with Gasteiger partial charge in [0.15, 0.2) is 0 Å². The predicted molar refractivity (Wildman–Crippen MR) is 51.8 cm³/mol. The van der Waals surface area contributed by atoms with Crippen LogP contribution in [0.3, 0.4) is 0 Å². The summed E-state index contributed by atoms with van der Waals surface area (Å²) in [7, 11) is 0. The van der Waals surface area contributed by atoms with Crippen molar-refractivity contribution in [2.24, 2.45) is 11.3 Å². The van der Waals surface area contributed by atoms with Gasteiger partial charge in [-0.2, -0.15) is 0 Å². The standard InChI is InChI=1S/C11H20N/c1-3-12-7-6-11(4-5-11)8-10(2)9-12/h3,10H,4-9H2,1-2H3/q+1. The molecule has 68 valence electrons. The molecule has 2 aliphatic rings. The minimum atomic E-state index is 0.803. The van der Waals surface area contributed by atoms with E-state index in [1.165, 1.54) is 38.8 Å². The van der Waals surface area contributed by atoms with Gasteiger partial charge in [0.1, 0.15) is 19.3 Å². The van der Waals surface area contributed by atoms with Crippen molar-refractivity contribution in [2.75, 3.05) is 13.1 Å². The molecule has 1 atom stereocenters. The Labute approximate surface area is 75.5 Å². The molecule has 1 aliphatic heterocycles. The Bertz CT molecular complexity index is 201. The molecule has 1 heteroatoms. The zero-order valence-corrected chi connectivity index (χ0v) is 8.34. The number of hydrogen-bond acceptors (Lipinski definition) is 0. The molecule has 2 rings (SSSR count). The zero-order chi connectivity index (χ0) is 8.60. The number of rotatable bonds is 0. The van der Waals surface area contributed by atoms with E-state index < -0.39 is 0 Å². The van der Waals surface area contributed by atoms with Crippen molar-refractivity contribution in [1.29, 1.82) is 0 Å². The highest BCUT2D eigenvalue weighted by molar-refractivity contribution is 5.46. The van der Waals surface area contributed by atoms with Crippen molar-refractivity contribution in [3.05, 3.63) is 0 Å². The first-order valence-electron chi connectivity index (χ1n) is 5.28. The van der Waals surface area contributed by atoms with Crippen LogP contribution >= 0.6 is 0 Å². The minimum absolute atomic E-state index is 0.803. The van der Waals surface area contributed by atoms with Crippen LogP contribution in [0.2, 0.25) is 0 Å². The van der Waals surface area contributed by atoms with Gasteiger partial charge in [-0.05, 0) is 24.7 Å². The Kier molecular flexibility index (Phi) is 1.97. The fourth-order valence-corrected chi connectivity index (χ4v) is 2.64. The molecule has 12 heavy (non-hydrogen) atoms. The van der Waals surface area contributed by atoms with E-state index in [1.807, 2.05) is 0 Å². The van der Waals surface area contributed by atoms with Crippen LogP contribution in [0.25, 0.3) is 0 Å². The summed E-state index contributed by atoms with van der Waals surface area (Å²) in [5.74, 6) is 0.909. The third kappa shape index (κ3) is 1.55. The topological polar surface area (TPSA) is 3.01 Å². The van der Waals surface area contributed by atoms with Gasteiger partial charge in [-0.3, -0.25) is 0 Å². The van der Waals surface area contributed by atoms with Gasteiger partial charge >= 0.3 is 0 Å². The first-order valence-corrected chi connectivity index (χ1v) is 5.28. The largest absolute Gasteiger partial charge is 0.240 e. The van der Waals surface area contributed by atoms with Crippen LogP contribution in [0.4, 0.5) is 0 Å². The highest BCUT2D eigenvalue weighted by Crippen LogP contribution is 2.54. The highest BCUT2D eigenvalue weighted by Gasteiger charge is 2.45. The van der Waals surface area contributed by atoms with Gasteiger partial charge in [0.25, 0.3) is 0 Å². The highest BCUT2D eigenvalue weighted by atomic mass is 15.0. The summed E-state index contributed by atoms with van der Waals surface area (Å²) in [6.45, 7) is 7.17. The first kappa shape index (κ1) is 8.28. The molecule has 1 aliphatic carbocycles. The SMILES string of the molecule is CC=[N+]1CCC2(CC2)CC(C)C1. The van der Waals surface area contributed by atoms with E-state index in [-0.39, 0.29) is 0 Å². The summed E-state index contributed by atoms with van der Waals surface area (Å²) in [5, 5.41) is 0. The van der Waals surface area contributed by atoms with Gasteiger partial charge in [0.05, 0.1) is 0 Å². The lowest BCUT2D eigenvalue weighted by Crippen LogP contribution is -2.17. The molecule has 0 aromatic heterocycles. The summed E-state index contributed by atoms with van der Waals surface area (Å²) in [5.41, 5.74) is 0.803. The first-order chi connectivity index (χ1) is 5.74. The lowest BCUT2D eigenvalue weighted by molar-refractivity contribution is -0.527. The average molecular weight is 166 g/mol. The molecule has 0 aromatic rings. The van der Waals surface area contributed by atoms with Crippen molar-refractivity contribution in [1.82, 2.24) is 0 Å². The average Bonchev–Trinajstić information content (AvgIpc) is 2.80. The predicted octanol–water partition coefficient (Wildman–Crippen LogP) is 2.30. The molecule has 0 N–H and O–H groups in total. The smallest absolute Gasteiger partial charge is 0.145 e. The Hall–Kier alpha value is -0.330. The van der Waals surface area contributed by atoms with E-state index in [0.29, 0.717) is 0 Å². The van der Waals surface area contributed by atoms with Crippen LogP contribution in [-0.4, -0.2) is 23.9 Å². The Morgan fingerprint density at radius 2 is 2.08 bits per heavy atom. The van der Waals surface area contributed by atoms with Crippen LogP contribution in [0.5, 0.6) is 0 Å². The van der Waals surface area contributed by atoms with Crippen LogP contribution < -0.4 is 0 Å². The van der Waals surface area contributed by atoms with Gasteiger partial charge in [0.2, 0.25) is 0 Å². The number of nitrogens with zero attached hydrogens (tertiary/aromatic N) is 1. The maximum atomic E-state index is 2.50. The fraction of sp³-hybridized carbons (Fsp3) is 0.909. The monoisotopic (exact) mass is 166 g/mol. The summed E-state index contributed by atoms with van der Waals surface area (Å²) in [4.78, 5) is 0. The quantitative estimate of drug-likeness (QED) is 0.486.